The van der Waals surface area contributed by atoms with Gasteiger partial charge in [-0.05, 0) is 55.0 Å². The van der Waals surface area contributed by atoms with Gasteiger partial charge in [-0.1, -0.05) is 70.1 Å². The number of carboxylic acids is 1. The molecule has 2 aromatic rings. The van der Waals surface area contributed by atoms with Gasteiger partial charge in [-0.25, -0.2) is 4.79 Å². The van der Waals surface area contributed by atoms with Crippen LogP contribution < -0.4 is 5.32 Å². The highest BCUT2D eigenvalue weighted by Crippen LogP contribution is 2.24. The number of aliphatic carboxylic acids is 1. The van der Waals surface area contributed by atoms with E-state index in [0.29, 0.717) is 11.5 Å². The van der Waals surface area contributed by atoms with Crippen molar-refractivity contribution in [3.63, 3.8) is 0 Å². The molecule has 0 amide bonds. The van der Waals surface area contributed by atoms with Crippen molar-refractivity contribution >= 4 is 11.8 Å². The largest absolute Gasteiger partial charge is 0.478 e. The first-order valence-corrected chi connectivity index (χ1v) is 11.9. The Morgan fingerprint density at radius 2 is 1.94 bits per heavy atom. The molecule has 2 atom stereocenters. The molecule has 2 rings (SSSR count). The molecule has 0 aliphatic carbocycles. The molecule has 5 heteroatoms. The summed E-state index contributed by atoms with van der Waals surface area (Å²) in [6, 6.07) is 14.0. The van der Waals surface area contributed by atoms with Crippen molar-refractivity contribution in [2.75, 3.05) is 5.32 Å². The number of nitrogens with zero attached hydrogens (tertiary/aromatic N) is 1. The van der Waals surface area contributed by atoms with E-state index in [1.807, 2.05) is 36.5 Å². The van der Waals surface area contributed by atoms with E-state index >= 15 is 0 Å². The quantitative estimate of drug-likeness (QED) is 0.202. The van der Waals surface area contributed by atoms with Crippen molar-refractivity contribution < 1.29 is 9.90 Å². The number of carboxylic acid groups (broad SMARTS) is 1. The van der Waals surface area contributed by atoms with E-state index in [-0.39, 0.29) is 6.04 Å². The molecule has 0 saturated heterocycles. The lowest BCUT2D eigenvalue weighted by atomic mass is 9.88. The van der Waals surface area contributed by atoms with E-state index < -0.39 is 5.97 Å². The van der Waals surface area contributed by atoms with Crippen LogP contribution in [-0.2, 0) is 11.2 Å². The molecule has 0 aliphatic rings. The Kier molecular flexibility index (Phi) is 11.8. The minimum atomic E-state index is -0.930. The van der Waals surface area contributed by atoms with Crippen molar-refractivity contribution in [3.05, 3.63) is 65.9 Å². The van der Waals surface area contributed by atoms with Crippen molar-refractivity contribution in [2.24, 2.45) is 5.92 Å². The Balaban J connectivity index is 1.99. The van der Waals surface area contributed by atoms with Crippen LogP contribution in [0.2, 0.25) is 0 Å². The molecule has 0 radical (unpaired) electrons. The van der Waals surface area contributed by atoms with Gasteiger partial charge >= 0.3 is 5.97 Å². The van der Waals surface area contributed by atoms with Crippen LogP contribution in [0.4, 0.5) is 5.82 Å². The number of H-pyrrole nitrogens is 1. The lowest BCUT2D eigenvalue weighted by molar-refractivity contribution is -0.131. The summed E-state index contributed by atoms with van der Waals surface area (Å²) in [4.78, 5) is 14.2. The highest BCUT2D eigenvalue weighted by atomic mass is 16.4. The van der Waals surface area contributed by atoms with Crippen LogP contribution in [0.1, 0.15) is 75.8 Å². The van der Waals surface area contributed by atoms with Gasteiger partial charge in [0, 0.05) is 18.3 Å². The molecule has 0 spiro atoms. The molecule has 5 nitrogen and oxygen atoms in total. The summed E-state index contributed by atoms with van der Waals surface area (Å²) in [7, 11) is 0. The second-order valence-corrected chi connectivity index (χ2v) is 8.55. The first-order chi connectivity index (χ1) is 15.6. The summed E-state index contributed by atoms with van der Waals surface area (Å²) < 4.78 is 0. The lowest BCUT2D eigenvalue weighted by Crippen LogP contribution is -2.19. The van der Waals surface area contributed by atoms with Gasteiger partial charge in [-0.2, -0.15) is 5.26 Å². The fourth-order valence-corrected chi connectivity index (χ4v) is 4.11. The van der Waals surface area contributed by atoms with E-state index in [1.165, 1.54) is 50.2 Å². The van der Waals surface area contributed by atoms with Gasteiger partial charge in [-0.15, -0.1) is 0 Å². The molecule has 0 saturated carbocycles. The number of nitrogens with one attached hydrogen (secondary N) is 2. The van der Waals surface area contributed by atoms with Crippen molar-refractivity contribution in [1.82, 2.24) is 4.98 Å². The number of aromatic nitrogens is 1. The summed E-state index contributed by atoms with van der Waals surface area (Å²) in [5.74, 6) is 0.459. The first-order valence-electron chi connectivity index (χ1n) is 11.9. The summed E-state index contributed by atoms with van der Waals surface area (Å²) in [6.45, 7) is 2.24. The average Bonchev–Trinajstić information content (AvgIpc) is 3.30. The molecule has 0 unspecified atom stereocenters. The van der Waals surface area contributed by atoms with Crippen LogP contribution in [0.3, 0.4) is 0 Å². The van der Waals surface area contributed by atoms with Crippen molar-refractivity contribution in [2.45, 2.75) is 77.2 Å². The molecule has 0 aliphatic heterocycles. The zero-order valence-electron chi connectivity index (χ0n) is 19.2. The second kappa shape index (κ2) is 14.9. The van der Waals surface area contributed by atoms with Crippen LogP contribution >= 0.6 is 0 Å². The molecule has 1 aromatic carbocycles. The van der Waals surface area contributed by atoms with Gasteiger partial charge in [0.25, 0.3) is 0 Å². The Morgan fingerprint density at radius 1 is 1.12 bits per heavy atom. The van der Waals surface area contributed by atoms with Crippen molar-refractivity contribution in [1.29, 1.82) is 5.26 Å². The van der Waals surface area contributed by atoms with Crippen LogP contribution in [-0.4, -0.2) is 22.1 Å². The third-order valence-electron chi connectivity index (χ3n) is 5.84. The summed E-state index contributed by atoms with van der Waals surface area (Å²) in [6.07, 6.45) is 16.4. The van der Waals surface area contributed by atoms with E-state index in [9.17, 15) is 10.1 Å². The number of rotatable bonds is 16. The van der Waals surface area contributed by atoms with Gasteiger partial charge in [0.05, 0.1) is 11.6 Å². The van der Waals surface area contributed by atoms with Gasteiger partial charge in [0.2, 0.25) is 0 Å². The number of aromatic amines is 1. The predicted octanol–water partition coefficient (Wildman–Crippen LogP) is 6.70. The standard InChI is InChI=1S/C27H37N3O2/c1-2-3-4-5-6-7-10-22(19-23-11-8-12-24(20-23)21-28)14-15-25(16-17-27(31)32)30-26-13-9-18-29-26/h8-9,11-13,16-18,20,22,25,29-30H,2-7,10,14-15,19H2,1H3,(H,31,32)/b17-16+/t22-,25-/m1/s1. The number of nitriles is 1. The highest BCUT2D eigenvalue weighted by molar-refractivity contribution is 5.79. The topological polar surface area (TPSA) is 88.9 Å². The number of anilines is 1. The van der Waals surface area contributed by atoms with Crippen LogP contribution in [0, 0.1) is 17.2 Å². The molecule has 0 fully saturated rings. The number of carbonyl (C=O) groups is 1. The van der Waals surface area contributed by atoms with Crippen LogP contribution in [0.25, 0.3) is 0 Å². The van der Waals surface area contributed by atoms with E-state index in [4.69, 9.17) is 5.11 Å². The van der Waals surface area contributed by atoms with Gasteiger partial charge in [0.1, 0.15) is 5.82 Å². The van der Waals surface area contributed by atoms with Crippen LogP contribution in [0.15, 0.2) is 54.7 Å². The minimum Gasteiger partial charge on any atom is -0.478 e. The number of hydrogen-bond acceptors (Lipinski definition) is 3. The van der Waals surface area contributed by atoms with Gasteiger partial charge < -0.3 is 15.4 Å². The maximum absolute atomic E-state index is 11.0. The van der Waals surface area contributed by atoms with Crippen molar-refractivity contribution in [3.8, 4) is 6.07 Å². The molecular weight excluding hydrogens is 398 g/mol. The van der Waals surface area contributed by atoms with E-state index in [2.05, 4.69) is 29.4 Å². The summed E-state index contributed by atoms with van der Waals surface area (Å²) in [5, 5.41) is 21.7. The number of unbranched alkanes of at least 4 members (excludes halogenated alkanes) is 5. The Bertz CT molecular complexity index is 852. The Morgan fingerprint density at radius 3 is 2.66 bits per heavy atom. The second-order valence-electron chi connectivity index (χ2n) is 8.55. The number of benzene rings is 1. The summed E-state index contributed by atoms with van der Waals surface area (Å²) >= 11 is 0. The smallest absolute Gasteiger partial charge is 0.328 e. The maximum atomic E-state index is 11.0. The SMILES string of the molecule is CCCCCCCC[C@H](CC[C@H](/C=C/C(=O)O)Nc1ccc[nH]1)Cc1cccc(C#N)c1. The van der Waals surface area contributed by atoms with E-state index in [1.54, 1.807) is 6.08 Å². The molecule has 32 heavy (non-hydrogen) atoms. The highest BCUT2D eigenvalue weighted by Gasteiger charge is 2.14. The van der Waals surface area contributed by atoms with Gasteiger partial charge in [0.15, 0.2) is 0 Å². The monoisotopic (exact) mass is 435 g/mol. The normalized spacial score (nSPS) is 13.0. The van der Waals surface area contributed by atoms with Crippen LogP contribution in [0.5, 0.6) is 0 Å². The van der Waals surface area contributed by atoms with E-state index in [0.717, 1.165) is 31.5 Å². The molecule has 3 N–H and O–H groups in total. The fraction of sp³-hybridized carbons (Fsp3) is 0.481. The molecule has 1 heterocycles. The minimum absolute atomic E-state index is 0.0535. The molecule has 1 aromatic heterocycles. The number of hydrogen-bond donors (Lipinski definition) is 3. The average molecular weight is 436 g/mol. The Labute approximate surface area is 192 Å². The molecule has 172 valence electrons. The fourth-order valence-electron chi connectivity index (χ4n) is 4.11. The zero-order valence-corrected chi connectivity index (χ0v) is 19.2. The molecular formula is C27H37N3O2. The third-order valence-corrected chi connectivity index (χ3v) is 5.84. The summed E-state index contributed by atoms with van der Waals surface area (Å²) in [5.41, 5.74) is 1.91. The molecule has 0 bridgehead atoms. The lowest BCUT2D eigenvalue weighted by Gasteiger charge is -2.21. The Hall–Kier alpha value is -3.00. The van der Waals surface area contributed by atoms with Gasteiger partial charge in [-0.3, -0.25) is 0 Å². The first kappa shape index (κ1) is 25.3. The zero-order chi connectivity index (χ0) is 23.0. The third kappa shape index (κ3) is 10.3. The maximum Gasteiger partial charge on any atom is 0.328 e. The predicted molar refractivity (Wildman–Crippen MR) is 131 cm³/mol.